The van der Waals surface area contributed by atoms with E-state index in [2.05, 4.69) is 5.32 Å². The number of nitrogens with zero attached hydrogens (tertiary/aromatic N) is 1. The van der Waals surface area contributed by atoms with Crippen LogP contribution in [0.5, 0.6) is 0 Å². The van der Waals surface area contributed by atoms with E-state index >= 15 is 0 Å². The molecule has 2 aromatic rings. The predicted octanol–water partition coefficient (Wildman–Crippen LogP) is 4.77. The molecule has 1 aromatic carbocycles. The molecule has 1 aliphatic carbocycles. The van der Waals surface area contributed by atoms with E-state index in [1.165, 1.54) is 0 Å². The van der Waals surface area contributed by atoms with Crippen LogP contribution in [0, 0.1) is 0 Å². The molecule has 152 valence electrons. The Morgan fingerprint density at radius 1 is 1.07 bits per heavy atom. The van der Waals surface area contributed by atoms with Gasteiger partial charge in [-0.2, -0.15) is 0 Å². The summed E-state index contributed by atoms with van der Waals surface area (Å²) in [5.41, 5.74) is 0.965. The number of benzene rings is 1. The monoisotopic (exact) mass is 422 g/mol. The lowest BCUT2D eigenvalue weighted by Crippen LogP contribution is -2.34. The number of aliphatic hydroxyl groups is 1. The number of aliphatic hydroxyl groups excluding tert-OH is 1. The molecule has 2 aliphatic rings. The van der Waals surface area contributed by atoms with Gasteiger partial charge >= 0.3 is 0 Å². The van der Waals surface area contributed by atoms with Crippen molar-refractivity contribution in [2.45, 2.75) is 73.1 Å². The minimum absolute atomic E-state index is 0.138. The Bertz CT molecular complexity index is 754. The lowest BCUT2D eigenvalue weighted by Gasteiger charge is -2.26. The lowest BCUT2D eigenvalue weighted by molar-refractivity contribution is 0.0786. The third kappa shape index (κ3) is 5.30. The van der Waals surface area contributed by atoms with Crippen LogP contribution in [0.4, 0.5) is 0 Å². The van der Waals surface area contributed by atoms with Crippen molar-refractivity contribution in [3.05, 3.63) is 40.9 Å². The third-order valence-corrected chi connectivity index (χ3v) is 6.79. The molecule has 2 N–H and O–H groups in total. The summed E-state index contributed by atoms with van der Waals surface area (Å²) in [4.78, 5) is 5.95. The van der Waals surface area contributed by atoms with E-state index in [1.807, 2.05) is 24.3 Å². The van der Waals surface area contributed by atoms with E-state index in [9.17, 15) is 5.11 Å². The van der Waals surface area contributed by atoms with Crippen molar-refractivity contribution in [1.29, 1.82) is 0 Å². The quantitative estimate of drug-likeness (QED) is 0.699. The number of ether oxygens (including phenoxy) is 1. The van der Waals surface area contributed by atoms with Crippen molar-refractivity contribution in [2.24, 2.45) is 0 Å². The van der Waals surface area contributed by atoms with Gasteiger partial charge in [0.05, 0.1) is 6.10 Å². The van der Waals surface area contributed by atoms with Gasteiger partial charge in [-0.15, -0.1) is 0 Å². The molecule has 2 fully saturated rings. The van der Waals surface area contributed by atoms with E-state index in [1.54, 1.807) is 11.8 Å². The van der Waals surface area contributed by atoms with Gasteiger partial charge in [-0.3, -0.25) is 0 Å². The van der Waals surface area contributed by atoms with Gasteiger partial charge in [0.1, 0.15) is 5.69 Å². The Hall–Kier alpha value is -1.05. The molecule has 1 saturated heterocycles. The summed E-state index contributed by atoms with van der Waals surface area (Å²) in [7, 11) is 0. The molecular formula is C21H27ClN2O3S. The number of oxazole rings is 1. The number of halogens is 1. The average molecular weight is 423 g/mol. The second-order valence-electron chi connectivity index (χ2n) is 7.62. The van der Waals surface area contributed by atoms with Crippen LogP contribution in [0.2, 0.25) is 5.02 Å². The maximum absolute atomic E-state index is 9.71. The maximum Gasteiger partial charge on any atom is 0.199 e. The third-order valence-electron chi connectivity index (χ3n) is 5.53. The number of nitrogens with one attached hydrogen (secondary N) is 1. The fourth-order valence-electron chi connectivity index (χ4n) is 3.80. The fraction of sp³-hybridized carbons (Fsp3) is 0.571. The Morgan fingerprint density at radius 3 is 2.50 bits per heavy atom. The molecule has 0 atom stereocenters. The molecule has 1 saturated carbocycles. The van der Waals surface area contributed by atoms with Crippen LogP contribution in [-0.2, 0) is 11.3 Å². The summed E-state index contributed by atoms with van der Waals surface area (Å²) in [6.07, 6.45) is 5.53. The molecule has 1 aromatic heterocycles. The summed E-state index contributed by atoms with van der Waals surface area (Å²) in [5, 5.41) is 14.9. The zero-order valence-electron chi connectivity index (χ0n) is 15.9. The SMILES string of the molecule is O[C@H]1CC[C@H](NCc2nc(C3CCOCC3)oc2Sc2ccc(Cl)cc2)CC1. The summed E-state index contributed by atoms with van der Waals surface area (Å²) >= 11 is 7.61. The van der Waals surface area contributed by atoms with Crippen molar-refractivity contribution >= 4 is 23.4 Å². The minimum atomic E-state index is -0.138. The molecule has 0 amide bonds. The van der Waals surface area contributed by atoms with Gasteiger partial charge in [0, 0.05) is 41.6 Å². The molecule has 2 heterocycles. The molecule has 7 heteroatoms. The predicted molar refractivity (Wildman–Crippen MR) is 110 cm³/mol. The molecule has 0 radical (unpaired) electrons. The number of aromatic nitrogens is 1. The highest BCUT2D eigenvalue weighted by atomic mass is 35.5. The van der Waals surface area contributed by atoms with Gasteiger partial charge < -0.3 is 19.6 Å². The number of hydrogen-bond acceptors (Lipinski definition) is 6. The highest BCUT2D eigenvalue weighted by Crippen LogP contribution is 2.36. The summed E-state index contributed by atoms with van der Waals surface area (Å²) in [5.74, 6) is 1.16. The summed E-state index contributed by atoms with van der Waals surface area (Å²) in [6.45, 7) is 2.22. The van der Waals surface area contributed by atoms with Gasteiger partial charge in [0.25, 0.3) is 0 Å². The van der Waals surface area contributed by atoms with E-state index in [4.69, 9.17) is 25.7 Å². The van der Waals surface area contributed by atoms with Gasteiger partial charge in [-0.05, 0) is 62.8 Å². The van der Waals surface area contributed by atoms with Crippen LogP contribution in [0.3, 0.4) is 0 Å². The summed E-state index contributed by atoms with van der Waals surface area (Å²) in [6, 6.07) is 8.22. The van der Waals surface area contributed by atoms with Crippen molar-refractivity contribution in [3.8, 4) is 0 Å². The zero-order valence-corrected chi connectivity index (χ0v) is 17.5. The average Bonchev–Trinajstić information content (AvgIpc) is 3.13. The smallest absolute Gasteiger partial charge is 0.199 e. The standard InChI is InChI=1S/C21H27ClN2O3S/c22-15-1-7-18(8-2-15)28-21-19(13-23-16-3-5-17(25)6-4-16)24-20(27-21)14-9-11-26-12-10-14/h1-2,7-8,14,16-17,23,25H,3-6,9-13H2/t16-,17-. The largest absolute Gasteiger partial charge is 0.433 e. The molecule has 5 nitrogen and oxygen atoms in total. The van der Waals surface area contributed by atoms with E-state index in [-0.39, 0.29) is 6.10 Å². The Balaban J connectivity index is 1.48. The normalized spacial score (nSPS) is 23.8. The Labute approximate surface area is 175 Å². The van der Waals surface area contributed by atoms with E-state index in [0.29, 0.717) is 18.5 Å². The lowest BCUT2D eigenvalue weighted by atomic mass is 9.93. The van der Waals surface area contributed by atoms with E-state index < -0.39 is 0 Å². The molecule has 1 aliphatic heterocycles. The Kier molecular flexibility index (Phi) is 6.96. The topological polar surface area (TPSA) is 67.5 Å². The zero-order chi connectivity index (χ0) is 19.3. The summed E-state index contributed by atoms with van der Waals surface area (Å²) < 4.78 is 11.7. The van der Waals surface area contributed by atoms with Crippen LogP contribution in [0.25, 0.3) is 0 Å². The first kappa shape index (κ1) is 20.2. The van der Waals surface area contributed by atoms with Crippen LogP contribution < -0.4 is 5.32 Å². The minimum Gasteiger partial charge on any atom is -0.433 e. The molecule has 0 bridgehead atoms. The number of rotatable bonds is 6. The highest BCUT2D eigenvalue weighted by Gasteiger charge is 2.25. The molecular weight excluding hydrogens is 396 g/mol. The van der Waals surface area contributed by atoms with Gasteiger partial charge in [0.2, 0.25) is 0 Å². The molecule has 0 unspecified atom stereocenters. The van der Waals surface area contributed by atoms with Crippen molar-refractivity contribution < 1.29 is 14.3 Å². The van der Waals surface area contributed by atoms with Crippen molar-refractivity contribution in [2.75, 3.05) is 13.2 Å². The fourth-order valence-corrected chi connectivity index (χ4v) is 4.77. The van der Waals surface area contributed by atoms with Crippen LogP contribution in [0.1, 0.15) is 56.0 Å². The first-order chi connectivity index (χ1) is 13.7. The Morgan fingerprint density at radius 2 is 1.79 bits per heavy atom. The maximum atomic E-state index is 9.71. The molecule has 28 heavy (non-hydrogen) atoms. The van der Waals surface area contributed by atoms with Crippen molar-refractivity contribution in [1.82, 2.24) is 10.3 Å². The van der Waals surface area contributed by atoms with Crippen LogP contribution >= 0.6 is 23.4 Å². The van der Waals surface area contributed by atoms with Gasteiger partial charge in [-0.1, -0.05) is 23.4 Å². The van der Waals surface area contributed by atoms with Crippen LogP contribution in [-0.4, -0.2) is 35.5 Å². The van der Waals surface area contributed by atoms with Crippen molar-refractivity contribution in [3.63, 3.8) is 0 Å². The number of hydrogen-bond donors (Lipinski definition) is 2. The first-order valence-corrected chi connectivity index (χ1v) is 11.3. The van der Waals surface area contributed by atoms with Gasteiger partial charge in [0.15, 0.2) is 11.0 Å². The highest BCUT2D eigenvalue weighted by molar-refractivity contribution is 7.99. The molecule has 4 rings (SSSR count). The van der Waals surface area contributed by atoms with E-state index in [0.717, 1.165) is 78.3 Å². The molecule has 0 spiro atoms. The second kappa shape index (κ2) is 9.63. The van der Waals surface area contributed by atoms with Crippen LogP contribution in [0.15, 0.2) is 38.7 Å². The second-order valence-corrected chi connectivity index (χ2v) is 9.10. The first-order valence-electron chi connectivity index (χ1n) is 10.1. The van der Waals surface area contributed by atoms with Gasteiger partial charge in [-0.25, -0.2) is 4.98 Å².